The van der Waals surface area contributed by atoms with Crippen LogP contribution >= 0.6 is 15.9 Å². The summed E-state index contributed by atoms with van der Waals surface area (Å²) >= 11 is 3.40. The zero-order chi connectivity index (χ0) is 20.1. The van der Waals surface area contributed by atoms with Gasteiger partial charge in [0, 0.05) is 43.7 Å². The number of nitrogens with zero attached hydrogens (tertiary/aromatic N) is 3. The number of amides is 1. The van der Waals surface area contributed by atoms with Gasteiger partial charge in [0.1, 0.15) is 18.1 Å². The molecular weight excluding hydrogens is 434 g/mol. The minimum Gasteiger partial charge on any atom is -0.486 e. The van der Waals surface area contributed by atoms with Crippen LogP contribution in [0.4, 0.5) is 0 Å². The number of hydrogen-bond acceptors (Lipinski definition) is 5. The summed E-state index contributed by atoms with van der Waals surface area (Å²) in [6, 6.07) is 11.2. The molecule has 2 aliphatic heterocycles. The number of ether oxygens (including phenoxy) is 1. The van der Waals surface area contributed by atoms with Crippen LogP contribution in [0.3, 0.4) is 0 Å². The van der Waals surface area contributed by atoms with Gasteiger partial charge in [0.05, 0.1) is 0 Å². The Morgan fingerprint density at radius 3 is 2.24 bits per heavy atom. The van der Waals surface area contributed by atoms with Crippen molar-refractivity contribution in [2.45, 2.75) is 19.4 Å². The molecule has 1 aromatic heterocycles. The molecule has 1 amide bonds. The zero-order valence-corrected chi connectivity index (χ0v) is 18.3. The van der Waals surface area contributed by atoms with Gasteiger partial charge < -0.3 is 19.0 Å². The molecule has 2 fully saturated rings. The average Bonchev–Trinajstić information content (AvgIpc) is 3.44. The van der Waals surface area contributed by atoms with Crippen molar-refractivity contribution in [3.8, 4) is 5.75 Å². The lowest BCUT2D eigenvalue weighted by molar-refractivity contribution is 0.0592. The van der Waals surface area contributed by atoms with Crippen LogP contribution in [0.2, 0.25) is 0 Å². The minimum atomic E-state index is -0.0286. The summed E-state index contributed by atoms with van der Waals surface area (Å²) in [6.07, 6.45) is 2.67. The molecule has 0 bridgehead atoms. The second-order valence-corrected chi connectivity index (χ2v) is 8.61. The molecule has 4 rings (SSSR count). The lowest BCUT2D eigenvalue weighted by atomic mass is 10.3. The Kier molecular flexibility index (Phi) is 6.90. The number of hydrogen-bond donors (Lipinski definition) is 0. The van der Waals surface area contributed by atoms with Crippen molar-refractivity contribution < 1.29 is 13.9 Å². The molecule has 2 aliphatic rings. The van der Waals surface area contributed by atoms with E-state index in [-0.39, 0.29) is 5.91 Å². The SMILES string of the molecule is O=C(c1ccc(COc2ccc(Br)cc2)o1)N1CCN(CCN2CCCC2)CC1. The largest absolute Gasteiger partial charge is 0.486 e. The van der Waals surface area contributed by atoms with Gasteiger partial charge in [-0.1, -0.05) is 15.9 Å². The number of benzene rings is 1. The van der Waals surface area contributed by atoms with Gasteiger partial charge in [-0.25, -0.2) is 0 Å². The van der Waals surface area contributed by atoms with Crippen molar-refractivity contribution in [2.24, 2.45) is 0 Å². The van der Waals surface area contributed by atoms with Gasteiger partial charge >= 0.3 is 0 Å². The highest BCUT2D eigenvalue weighted by molar-refractivity contribution is 9.10. The third-order valence-electron chi connectivity index (χ3n) is 5.66. The second-order valence-electron chi connectivity index (χ2n) is 7.69. The van der Waals surface area contributed by atoms with Crippen LogP contribution in [0.25, 0.3) is 0 Å². The number of piperazine rings is 1. The fourth-order valence-electron chi connectivity index (χ4n) is 3.88. The van der Waals surface area contributed by atoms with Gasteiger partial charge in [-0.05, 0) is 62.3 Å². The van der Waals surface area contributed by atoms with Crippen molar-refractivity contribution in [3.63, 3.8) is 0 Å². The first kappa shape index (κ1) is 20.4. The van der Waals surface area contributed by atoms with E-state index in [1.807, 2.05) is 35.2 Å². The van der Waals surface area contributed by atoms with Crippen LogP contribution in [0, 0.1) is 0 Å². The molecule has 0 aliphatic carbocycles. The molecule has 2 saturated heterocycles. The summed E-state index contributed by atoms with van der Waals surface area (Å²) in [6.45, 7) is 8.40. The average molecular weight is 462 g/mol. The van der Waals surface area contributed by atoms with Gasteiger partial charge in [-0.15, -0.1) is 0 Å². The van der Waals surface area contributed by atoms with Crippen molar-refractivity contribution >= 4 is 21.8 Å². The lowest BCUT2D eigenvalue weighted by Gasteiger charge is -2.35. The Labute approximate surface area is 180 Å². The summed E-state index contributed by atoms with van der Waals surface area (Å²) in [5, 5.41) is 0. The Morgan fingerprint density at radius 1 is 0.897 bits per heavy atom. The van der Waals surface area contributed by atoms with E-state index >= 15 is 0 Å². The first-order chi connectivity index (χ1) is 14.2. The fourth-order valence-corrected chi connectivity index (χ4v) is 4.14. The first-order valence-electron chi connectivity index (χ1n) is 10.4. The lowest BCUT2D eigenvalue weighted by Crippen LogP contribution is -2.50. The summed E-state index contributed by atoms with van der Waals surface area (Å²) in [4.78, 5) is 19.7. The van der Waals surface area contributed by atoms with Crippen LogP contribution in [0.5, 0.6) is 5.75 Å². The number of halogens is 1. The number of furan rings is 1. The Balaban J connectivity index is 1.22. The molecule has 7 heteroatoms. The molecule has 29 heavy (non-hydrogen) atoms. The van der Waals surface area contributed by atoms with Crippen molar-refractivity contribution in [1.82, 2.24) is 14.7 Å². The maximum absolute atomic E-state index is 12.8. The highest BCUT2D eigenvalue weighted by Crippen LogP contribution is 2.19. The Hall–Kier alpha value is -1.83. The van der Waals surface area contributed by atoms with E-state index in [9.17, 15) is 4.79 Å². The van der Waals surface area contributed by atoms with E-state index in [0.29, 0.717) is 18.1 Å². The van der Waals surface area contributed by atoms with Crippen LogP contribution in [-0.4, -0.2) is 73.0 Å². The van der Waals surface area contributed by atoms with E-state index in [4.69, 9.17) is 9.15 Å². The van der Waals surface area contributed by atoms with E-state index in [0.717, 1.165) is 49.5 Å². The van der Waals surface area contributed by atoms with Gasteiger partial charge in [-0.3, -0.25) is 9.69 Å². The van der Waals surface area contributed by atoms with E-state index in [1.165, 1.54) is 25.9 Å². The van der Waals surface area contributed by atoms with E-state index in [2.05, 4.69) is 25.7 Å². The van der Waals surface area contributed by atoms with Gasteiger partial charge in [0.2, 0.25) is 0 Å². The molecule has 3 heterocycles. The molecule has 0 radical (unpaired) electrons. The summed E-state index contributed by atoms with van der Waals surface area (Å²) in [7, 11) is 0. The quantitative estimate of drug-likeness (QED) is 0.631. The topological polar surface area (TPSA) is 49.2 Å². The fraction of sp³-hybridized carbons (Fsp3) is 0.500. The molecule has 0 spiro atoms. The highest BCUT2D eigenvalue weighted by Gasteiger charge is 2.24. The number of carbonyl (C=O) groups excluding carboxylic acids is 1. The molecule has 6 nitrogen and oxygen atoms in total. The van der Waals surface area contributed by atoms with Gasteiger partial charge in [0.25, 0.3) is 5.91 Å². The molecule has 0 atom stereocenters. The molecule has 156 valence electrons. The minimum absolute atomic E-state index is 0.0286. The number of rotatable bonds is 7. The van der Waals surface area contributed by atoms with E-state index < -0.39 is 0 Å². The molecule has 0 saturated carbocycles. The monoisotopic (exact) mass is 461 g/mol. The second kappa shape index (κ2) is 9.78. The maximum Gasteiger partial charge on any atom is 0.289 e. The van der Waals surface area contributed by atoms with Crippen molar-refractivity contribution in [2.75, 3.05) is 52.4 Å². The van der Waals surface area contributed by atoms with Crippen LogP contribution < -0.4 is 4.74 Å². The third-order valence-corrected chi connectivity index (χ3v) is 6.19. The highest BCUT2D eigenvalue weighted by atomic mass is 79.9. The van der Waals surface area contributed by atoms with Crippen molar-refractivity contribution in [3.05, 3.63) is 52.4 Å². The van der Waals surface area contributed by atoms with Crippen molar-refractivity contribution in [1.29, 1.82) is 0 Å². The van der Waals surface area contributed by atoms with Crippen LogP contribution in [0.1, 0.15) is 29.2 Å². The smallest absolute Gasteiger partial charge is 0.289 e. The Bertz CT molecular complexity index is 794. The predicted molar refractivity (Wildman–Crippen MR) is 115 cm³/mol. The molecule has 0 N–H and O–H groups in total. The normalized spacial score (nSPS) is 18.3. The van der Waals surface area contributed by atoms with Crippen LogP contribution in [-0.2, 0) is 6.61 Å². The van der Waals surface area contributed by atoms with E-state index in [1.54, 1.807) is 6.07 Å². The molecule has 2 aromatic rings. The first-order valence-corrected chi connectivity index (χ1v) is 11.2. The number of likely N-dealkylation sites (tertiary alicyclic amines) is 1. The standard InChI is InChI=1S/C22H28BrN3O3/c23-18-3-5-19(6-4-18)28-17-20-7-8-21(29-20)22(27)26-15-13-25(14-16-26)12-11-24-9-1-2-10-24/h3-8H,1-2,9-17H2. The maximum atomic E-state index is 12.8. The summed E-state index contributed by atoms with van der Waals surface area (Å²) < 4.78 is 12.5. The Morgan fingerprint density at radius 2 is 1.55 bits per heavy atom. The number of carbonyl (C=O) groups is 1. The van der Waals surface area contributed by atoms with Gasteiger partial charge in [0.15, 0.2) is 5.76 Å². The van der Waals surface area contributed by atoms with Gasteiger partial charge in [-0.2, -0.15) is 0 Å². The molecule has 0 unspecified atom stereocenters. The zero-order valence-electron chi connectivity index (χ0n) is 16.7. The summed E-state index contributed by atoms with van der Waals surface area (Å²) in [5.74, 6) is 1.78. The van der Waals surface area contributed by atoms with Crippen LogP contribution in [0.15, 0.2) is 45.3 Å². The predicted octanol–water partition coefficient (Wildman–Crippen LogP) is 3.47. The molecule has 1 aromatic carbocycles. The summed E-state index contributed by atoms with van der Waals surface area (Å²) in [5.41, 5.74) is 0. The third kappa shape index (κ3) is 5.62. The molecular formula is C22H28BrN3O3.